The Bertz CT molecular complexity index is 725. The second-order valence-corrected chi connectivity index (χ2v) is 5.43. The number of para-hydroxylation sites is 1. The molecule has 23 heavy (non-hydrogen) atoms. The molecule has 0 radical (unpaired) electrons. The second-order valence-electron chi connectivity index (χ2n) is 5.43. The fourth-order valence-corrected chi connectivity index (χ4v) is 2.62. The molecule has 0 spiro atoms. The van der Waals surface area contributed by atoms with Crippen molar-refractivity contribution < 1.29 is 9.53 Å². The standard InChI is InChI=1S/C19H19NO2.ClH/c1-2-3-11-22-19(21)16-9-6-8-15-13-20-18-10-5-4-7-14(18)12-17(15)16;/h4-10,13H,2-3,11-12H2,1H3;1H. The number of halogens is 1. The van der Waals surface area contributed by atoms with E-state index in [1.54, 1.807) is 0 Å². The highest BCUT2D eigenvalue weighted by molar-refractivity contribution is 5.96. The van der Waals surface area contributed by atoms with Crippen molar-refractivity contribution in [3.63, 3.8) is 0 Å². The van der Waals surface area contributed by atoms with Gasteiger partial charge in [0.1, 0.15) is 0 Å². The van der Waals surface area contributed by atoms with Gasteiger partial charge >= 0.3 is 5.97 Å². The molecule has 1 heterocycles. The number of fused-ring (bicyclic) bond motifs is 2. The number of hydrogen-bond donors (Lipinski definition) is 0. The lowest BCUT2D eigenvalue weighted by atomic mass is 9.95. The molecule has 0 bridgehead atoms. The van der Waals surface area contributed by atoms with Crippen molar-refractivity contribution in [2.45, 2.75) is 26.2 Å². The first-order chi connectivity index (χ1) is 10.8. The number of nitrogens with zero attached hydrogens (tertiary/aromatic N) is 1. The summed E-state index contributed by atoms with van der Waals surface area (Å²) < 4.78 is 5.38. The van der Waals surface area contributed by atoms with Gasteiger partial charge in [0.15, 0.2) is 0 Å². The predicted octanol–water partition coefficient (Wildman–Crippen LogP) is 4.72. The lowest BCUT2D eigenvalue weighted by Crippen LogP contribution is -2.11. The second kappa shape index (κ2) is 7.93. The number of benzene rings is 2. The van der Waals surface area contributed by atoms with E-state index in [-0.39, 0.29) is 18.4 Å². The average molecular weight is 330 g/mol. The van der Waals surface area contributed by atoms with Gasteiger partial charge in [-0.25, -0.2) is 4.79 Å². The van der Waals surface area contributed by atoms with E-state index in [4.69, 9.17) is 4.74 Å². The summed E-state index contributed by atoms with van der Waals surface area (Å²) in [6.45, 7) is 2.56. The maximum Gasteiger partial charge on any atom is 0.338 e. The number of ether oxygens (including phenoxy) is 1. The molecular formula is C19H20ClNO2. The molecule has 3 nitrogen and oxygen atoms in total. The van der Waals surface area contributed by atoms with E-state index in [1.807, 2.05) is 42.6 Å². The summed E-state index contributed by atoms with van der Waals surface area (Å²) in [6.07, 6.45) is 4.44. The van der Waals surface area contributed by atoms with Gasteiger partial charge in [-0.15, -0.1) is 12.4 Å². The third-order valence-electron chi connectivity index (χ3n) is 3.86. The fraction of sp³-hybridized carbons (Fsp3) is 0.263. The van der Waals surface area contributed by atoms with Crippen LogP contribution in [0, 0.1) is 0 Å². The zero-order valence-corrected chi connectivity index (χ0v) is 13.9. The van der Waals surface area contributed by atoms with Crippen LogP contribution in [0.4, 0.5) is 5.69 Å². The zero-order chi connectivity index (χ0) is 15.4. The van der Waals surface area contributed by atoms with Crippen LogP contribution in [-0.2, 0) is 11.2 Å². The van der Waals surface area contributed by atoms with E-state index in [2.05, 4.69) is 18.0 Å². The summed E-state index contributed by atoms with van der Waals surface area (Å²) in [6, 6.07) is 13.8. The SMILES string of the molecule is CCCCOC(=O)c1cccc2c1Cc1ccccc1N=C2.Cl. The van der Waals surface area contributed by atoms with Gasteiger partial charge in [-0.2, -0.15) is 0 Å². The number of hydrogen-bond acceptors (Lipinski definition) is 3. The summed E-state index contributed by atoms with van der Waals surface area (Å²) in [4.78, 5) is 16.9. The summed E-state index contributed by atoms with van der Waals surface area (Å²) in [7, 11) is 0. The van der Waals surface area contributed by atoms with Crippen LogP contribution in [-0.4, -0.2) is 18.8 Å². The van der Waals surface area contributed by atoms with Crippen molar-refractivity contribution in [1.29, 1.82) is 0 Å². The van der Waals surface area contributed by atoms with Gasteiger partial charge in [0.2, 0.25) is 0 Å². The molecule has 3 rings (SSSR count). The molecule has 1 aliphatic rings. The normalized spacial score (nSPS) is 11.7. The number of carbonyl (C=O) groups excluding carboxylic acids is 1. The molecule has 0 aromatic heterocycles. The quantitative estimate of drug-likeness (QED) is 0.513. The summed E-state index contributed by atoms with van der Waals surface area (Å²) in [5.74, 6) is -0.238. The molecule has 2 aromatic rings. The first kappa shape index (κ1) is 17.2. The van der Waals surface area contributed by atoms with Crippen molar-refractivity contribution in [1.82, 2.24) is 0 Å². The molecule has 0 amide bonds. The Labute approximate surface area is 142 Å². The lowest BCUT2D eigenvalue weighted by Gasteiger charge is -2.11. The van der Waals surface area contributed by atoms with Crippen LogP contribution in [0.2, 0.25) is 0 Å². The van der Waals surface area contributed by atoms with Gasteiger partial charge in [-0.05, 0) is 35.2 Å². The van der Waals surface area contributed by atoms with Gasteiger partial charge < -0.3 is 4.74 Å². The monoisotopic (exact) mass is 329 g/mol. The van der Waals surface area contributed by atoms with E-state index in [0.29, 0.717) is 18.6 Å². The largest absolute Gasteiger partial charge is 0.462 e. The van der Waals surface area contributed by atoms with Crippen LogP contribution in [0.3, 0.4) is 0 Å². The van der Waals surface area contributed by atoms with Gasteiger partial charge in [0.05, 0.1) is 17.9 Å². The Morgan fingerprint density at radius 3 is 2.83 bits per heavy atom. The molecule has 0 saturated heterocycles. The molecular weight excluding hydrogens is 310 g/mol. The van der Waals surface area contributed by atoms with Crippen molar-refractivity contribution in [3.05, 3.63) is 64.7 Å². The van der Waals surface area contributed by atoms with Crippen LogP contribution in [0.15, 0.2) is 47.5 Å². The van der Waals surface area contributed by atoms with Gasteiger partial charge in [-0.3, -0.25) is 4.99 Å². The van der Waals surface area contributed by atoms with Crippen LogP contribution in [0.1, 0.15) is 46.8 Å². The van der Waals surface area contributed by atoms with Crippen molar-refractivity contribution in [2.75, 3.05) is 6.61 Å². The average Bonchev–Trinajstić information content (AvgIpc) is 2.74. The van der Waals surface area contributed by atoms with Crippen LogP contribution < -0.4 is 0 Å². The van der Waals surface area contributed by atoms with E-state index >= 15 is 0 Å². The summed E-state index contributed by atoms with van der Waals surface area (Å²) >= 11 is 0. The highest BCUT2D eigenvalue weighted by atomic mass is 35.5. The van der Waals surface area contributed by atoms with Gasteiger partial charge in [0.25, 0.3) is 0 Å². The highest BCUT2D eigenvalue weighted by Gasteiger charge is 2.18. The zero-order valence-electron chi connectivity index (χ0n) is 13.1. The molecule has 0 aliphatic carbocycles. The highest BCUT2D eigenvalue weighted by Crippen LogP contribution is 2.28. The van der Waals surface area contributed by atoms with E-state index in [9.17, 15) is 4.79 Å². The van der Waals surface area contributed by atoms with Crippen molar-refractivity contribution in [3.8, 4) is 0 Å². The molecule has 0 unspecified atom stereocenters. The minimum atomic E-state index is -0.238. The fourth-order valence-electron chi connectivity index (χ4n) is 2.62. The molecule has 0 atom stereocenters. The Hall–Kier alpha value is -2.13. The molecule has 0 N–H and O–H groups in total. The maximum atomic E-state index is 12.3. The Morgan fingerprint density at radius 1 is 1.17 bits per heavy atom. The molecule has 1 aliphatic heterocycles. The summed E-state index contributed by atoms with van der Waals surface area (Å²) in [5.41, 5.74) is 4.73. The Balaban J connectivity index is 0.00000192. The van der Waals surface area contributed by atoms with Crippen LogP contribution in [0.25, 0.3) is 0 Å². The van der Waals surface area contributed by atoms with Gasteiger partial charge in [0, 0.05) is 12.6 Å². The number of unbranched alkanes of at least 4 members (excludes halogenated alkanes) is 1. The first-order valence-corrected chi connectivity index (χ1v) is 7.70. The molecule has 0 saturated carbocycles. The first-order valence-electron chi connectivity index (χ1n) is 7.70. The lowest BCUT2D eigenvalue weighted by molar-refractivity contribution is 0.0498. The van der Waals surface area contributed by atoms with Crippen molar-refractivity contribution in [2.24, 2.45) is 4.99 Å². The van der Waals surface area contributed by atoms with Crippen LogP contribution >= 0.6 is 12.4 Å². The summed E-state index contributed by atoms with van der Waals surface area (Å²) in [5, 5.41) is 0. The van der Waals surface area contributed by atoms with Crippen LogP contribution in [0.5, 0.6) is 0 Å². The Morgan fingerprint density at radius 2 is 2.00 bits per heavy atom. The third-order valence-corrected chi connectivity index (χ3v) is 3.86. The molecule has 0 fully saturated rings. The third kappa shape index (κ3) is 3.80. The van der Waals surface area contributed by atoms with E-state index < -0.39 is 0 Å². The molecule has 2 aromatic carbocycles. The van der Waals surface area contributed by atoms with Crippen molar-refractivity contribution >= 4 is 30.3 Å². The van der Waals surface area contributed by atoms with Gasteiger partial charge in [-0.1, -0.05) is 43.7 Å². The van der Waals surface area contributed by atoms with E-state index in [1.165, 1.54) is 0 Å². The molecule has 4 heteroatoms. The number of aliphatic imine (C=N–C) groups is 1. The number of rotatable bonds is 4. The number of carbonyl (C=O) groups is 1. The minimum Gasteiger partial charge on any atom is -0.462 e. The maximum absolute atomic E-state index is 12.3. The topological polar surface area (TPSA) is 38.7 Å². The number of esters is 1. The predicted molar refractivity (Wildman–Crippen MR) is 95.4 cm³/mol. The molecule has 120 valence electrons. The smallest absolute Gasteiger partial charge is 0.338 e. The Kier molecular flexibility index (Phi) is 5.94. The minimum absolute atomic E-state index is 0. The van der Waals surface area contributed by atoms with E-state index in [0.717, 1.165) is 35.2 Å².